The minimum atomic E-state index is -0.0672. The predicted octanol–water partition coefficient (Wildman–Crippen LogP) is 1.80. The second-order valence-electron chi connectivity index (χ2n) is 6.17. The van der Waals surface area contributed by atoms with E-state index in [1.54, 1.807) is 4.57 Å². The Bertz CT molecular complexity index is 773. The highest BCUT2D eigenvalue weighted by Gasteiger charge is 2.23. The average Bonchev–Trinajstić information content (AvgIpc) is 2.57. The molecule has 0 atom stereocenters. The molecule has 1 amide bonds. The van der Waals surface area contributed by atoms with Gasteiger partial charge in [0.2, 0.25) is 0 Å². The third-order valence-corrected chi connectivity index (χ3v) is 4.48. The molecule has 0 unspecified atom stereocenters. The van der Waals surface area contributed by atoms with E-state index in [4.69, 9.17) is 0 Å². The van der Waals surface area contributed by atoms with E-state index >= 15 is 0 Å². The summed E-state index contributed by atoms with van der Waals surface area (Å²) in [5.41, 5.74) is 0.447. The Balaban J connectivity index is 2.06. The van der Waals surface area contributed by atoms with Gasteiger partial charge in [-0.2, -0.15) is 0 Å². The molecular weight excluding hydrogens is 290 g/mol. The van der Waals surface area contributed by atoms with Crippen LogP contribution in [0.1, 0.15) is 23.8 Å². The summed E-state index contributed by atoms with van der Waals surface area (Å²) in [5, 5.41) is 1.51. The van der Waals surface area contributed by atoms with Gasteiger partial charge >= 0.3 is 0 Å². The first kappa shape index (κ1) is 15.7. The summed E-state index contributed by atoms with van der Waals surface area (Å²) in [6, 6.07) is 9.35. The van der Waals surface area contributed by atoms with Crippen molar-refractivity contribution in [1.82, 2.24) is 14.4 Å². The van der Waals surface area contributed by atoms with Crippen LogP contribution in [0.3, 0.4) is 0 Å². The fourth-order valence-electron chi connectivity index (χ4n) is 3.09. The number of aromatic nitrogens is 1. The van der Waals surface area contributed by atoms with Gasteiger partial charge in [-0.15, -0.1) is 0 Å². The summed E-state index contributed by atoms with van der Waals surface area (Å²) < 4.78 is 1.64. The Morgan fingerprint density at radius 1 is 1.13 bits per heavy atom. The third-order valence-electron chi connectivity index (χ3n) is 4.48. The molecule has 0 N–H and O–H groups in total. The van der Waals surface area contributed by atoms with E-state index in [0.717, 1.165) is 24.9 Å². The maximum Gasteiger partial charge on any atom is 0.270 e. The molecule has 1 aliphatic heterocycles. The van der Waals surface area contributed by atoms with Crippen molar-refractivity contribution in [2.24, 2.45) is 0 Å². The molecule has 1 saturated heterocycles. The number of amides is 1. The zero-order chi connectivity index (χ0) is 16.4. The van der Waals surface area contributed by atoms with Crippen LogP contribution in [0.25, 0.3) is 10.8 Å². The molecule has 23 heavy (non-hydrogen) atoms. The Morgan fingerprint density at radius 3 is 2.52 bits per heavy atom. The van der Waals surface area contributed by atoms with E-state index in [0.29, 0.717) is 30.7 Å². The largest absolute Gasteiger partial charge is 0.335 e. The number of piperazine rings is 1. The highest BCUT2D eigenvalue weighted by atomic mass is 16.2. The minimum absolute atomic E-state index is 0.0330. The number of carbonyl (C=O) groups excluding carboxylic acids is 1. The van der Waals surface area contributed by atoms with Crippen LogP contribution in [0.2, 0.25) is 0 Å². The van der Waals surface area contributed by atoms with Crippen LogP contribution in [0.5, 0.6) is 0 Å². The summed E-state index contributed by atoms with van der Waals surface area (Å²) in [7, 11) is 2.06. The number of carbonyl (C=O) groups is 1. The molecule has 2 aromatic rings. The van der Waals surface area contributed by atoms with Gasteiger partial charge in [-0.05, 0) is 31.0 Å². The molecule has 1 aromatic carbocycles. The molecule has 2 heterocycles. The number of rotatable bonds is 3. The first-order valence-electron chi connectivity index (χ1n) is 8.22. The smallest absolute Gasteiger partial charge is 0.270 e. The van der Waals surface area contributed by atoms with E-state index in [2.05, 4.69) is 11.9 Å². The lowest BCUT2D eigenvalue weighted by Gasteiger charge is -2.33. The van der Waals surface area contributed by atoms with Gasteiger partial charge in [0.05, 0.1) is 0 Å². The first-order chi connectivity index (χ1) is 11.1. The molecule has 0 bridgehead atoms. The van der Waals surface area contributed by atoms with Gasteiger partial charge in [0.15, 0.2) is 0 Å². The summed E-state index contributed by atoms with van der Waals surface area (Å²) in [6.07, 6.45) is 0.821. The maximum atomic E-state index is 12.9. The van der Waals surface area contributed by atoms with E-state index in [-0.39, 0.29) is 11.5 Å². The monoisotopic (exact) mass is 313 g/mol. The van der Waals surface area contributed by atoms with Crippen LogP contribution in [0, 0.1) is 0 Å². The quantitative estimate of drug-likeness (QED) is 0.868. The summed E-state index contributed by atoms with van der Waals surface area (Å²) in [4.78, 5) is 29.8. The molecule has 5 heteroatoms. The van der Waals surface area contributed by atoms with Gasteiger partial charge in [0.25, 0.3) is 11.5 Å². The molecule has 0 saturated carbocycles. The minimum Gasteiger partial charge on any atom is -0.335 e. The molecule has 0 spiro atoms. The van der Waals surface area contributed by atoms with Gasteiger partial charge in [0, 0.05) is 38.1 Å². The number of fused-ring (bicyclic) bond motifs is 1. The van der Waals surface area contributed by atoms with Crippen LogP contribution >= 0.6 is 0 Å². The highest BCUT2D eigenvalue weighted by molar-refractivity contribution is 5.96. The highest BCUT2D eigenvalue weighted by Crippen LogP contribution is 2.15. The summed E-state index contributed by atoms with van der Waals surface area (Å²) in [5.74, 6) is -0.0330. The van der Waals surface area contributed by atoms with E-state index in [9.17, 15) is 9.59 Å². The lowest BCUT2D eigenvalue weighted by Crippen LogP contribution is -2.48. The normalized spacial score (nSPS) is 16.0. The lowest BCUT2D eigenvalue weighted by molar-refractivity contribution is 0.0652. The summed E-state index contributed by atoms with van der Waals surface area (Å²) in [6.45, 7) is 5.75. The molecule has 0 aliphatic carbocycles. The van der Waals surface area contributed by atoms with Crippen LogP contribution < -0.4 is 5.56 Å². The van der Waals surface area contributed by atoms with Crippen LogP contribution in [-0.4, -0.2) is 53.5 Å². The maximum absolute atomic E-state index is 12.9. The Hall–Kier alpha value is -2.14. The zero-order valence-electron chi connectivity index (χ0n) is 13.8. The van der Waals surface area contributed by atoms with Crippen LogP contribution in [0.15, 0.2) is 35.1 Å². The van der Waals surface area contributed by atoms with Crippen molar-refractivity contribution in [2.75, 3.05) is 33.2 Å². The number of benzene rings is 1. The van der Waals surface area contributed by atoms with Crippen molar-refractivity contribution in [3.63, 3.8) is 0 Å². The molecule has 1 fully saturated rings. The number of hydrogen-bond donors (Lipinski definition) is 0. The first-order valence-corrected chi connectivity index (χ1v) is 8.22. The topological polar surface area (TPSA) is 45.6 Å². The number of pyridine rings is 1. The number of nitrogens with zero attached hydrogens (tertiary/aromatic N) is 3. The van der Waals surface area contributed by atoms with Crippen LogP contribution in [0.4, 0.5) is 0 Å². The van der Waals surface area contributed by atoms with Crippen molar-refractivity contribution >= 4 is 16.7 Å². The fourth-order valence-corrected chi connectivity index (χ4v) is 3.09. The zero-order valence-corrected chi connectivity index (χ0v) is 13.8. The van der Waals surface area contributed by atoms with Gasteiger partial charge in [0.1, 0.15) is 5.69 Å². The van der Waals surface area contributed by atoms with Gasteiger partial charge in [-0.3, -0.25) is 9.59 Å². The third kappa shape index (κ3) is 3.01. The van der Waals surface area contributed by atoms with E-state index in [1.807, 2.05) is 42.2 Å². The molecule has 3 rings (SSSR count). The summed E-state index contributed by atoms with van der Waals surface area (Å²) >= 11 is 0. The molecular formula is C18H23N3O2. The van der Waals surface area contributed by atoms with Gasteiger partial charge in [-0.25, -0.2) is 0 Å². The Morgan fingerprint density at radius 2 is 1.83 bits per heavy atom. The second-order valence-corrected chi connectivity index (χ2v) is 6.17. The molecule has 5 nitrogen and oxygen atoms in total. The SMILES string of the molecule is CCCn1c(C(=O)N2CCN(C)CC2)cc2ccccc2c1=O. The van der Waals surface area contributed by atoms with Crippen molar-refractivity contribution in [3.05, 3.63) is 46.4 Å². The second kappa shape index (κ2) is 6.54. The van der Waals surface area contributed by atoms with E-state index < -0.39 is 0 Å². The number of likely N-dealkylation sites (N-methyl/N-ethyl adjacent to an activating group) is 1. The molecule has 1 aromatic heterocycles. The van der Waals surface area contributed by atoms with Crippen molar-refractivity contribution in [3.8, 4) is 0 Å². The van der Waals surface area contributed by atoms with E-state index in [1.165, 1.54) is 0 Å². The Kier molecular flexibility index (Phi) is 4.48. The molecule has 122 valence electrons. The average molecular weight is 313 g/mol. The lowest BCUT2D eigenvalue weighted by atomic mass is 10.1. The molecule has 0 radical (unpaired) electrons. The Labute approximate surface area is 136 Å². The fraction of sp³-hybridized carbons (Fsp3) is 0.444. The van der Waals surface area contributed by atoms with Crippen molar-refractivity contribution in [1.29, 1.82) is 0 Å². The standard InChI is InChI=1S/C18H23N3O2/c1-3-8-21-16(18(23)20-11-9-19(2)10-12-20)13-14-6-4-5-7-15(14)17(21)22/h4-7,13H,3,8-12H2,1-2H3. The number of hydrogen-bond acceptors (Lipinski definition) is 3. The van der Waals surface area contributed by atoms with Crippen molar-refractivity contribution in [2.45, 2.75) is 19.9 Å². The van der Waals surface area contributed by atoms with Crippen LogP contribution in [-0.2, 0) is 6.54 Å². The van der Waals surface area contributed by atoms with Gasteiger partial charge < -0.3 is 14.4 Å². The molecule has 1 aliphatic rings. The van der Waals surface area contributed by atoms with Crippen molar-refractivity contribution < 1.29 is 4.79 Å². The van der Waals surface area contributed by atoms with Gasteiger partial charge in [-0.1, -0.05) is 25.1 Å². The predicted molar refractivity (Wildman–Crippen MR) is 91.9 cm³/mol.